The minimum atomic E-state index is 0.722. The summed E-state index contributed by atoms with van der Waals surface area (Å²) in [7, 11) is 0. The number of nitrogens with zero attached hydrogens (tertiary/aromatic N) is 2. The van der Waals surface area contributed by atoms with Crippen molar-refractivity contribution in [3.63, 3.8) is 0 Å². The lowest BCUT2D eigenvalue weighted by Gasteiger charge is -2.20. The van der Waals surface area contributed by atoms with Crippen LogP contribution in [0.1, 0.15) is 38.5 Å². The largest absolute Gasteiger partial charge is 0.381 e. The van der Waals surface area contributed by atoms with Crippen LogP contribution in [0.4, 0.5) is 11.5 Å². The molecule has 4 rings (SSSR count). The Morgan fingerprint density at radius 3 is 2.26 bits per heavy atom. The third-order valence-electron chi connectivity index (χ3n) is 4.77. The lowest BCUT2D eigenvalue weighted by atomic mass is 10.1. The van der Waals surface area contributed by atoms with E-state index in [9.17, 15) is 0 Å². The van der Waals surface area contributed by atoms with E-state index in [4.69, 9.17) is 0 Å². The van der Waals surface area contributed by atoms with E-state index in [0.29, 0.717) is 0 Å². The third-order valence-corrected chi connectivity index (χ3v) is 4.77. The van der Waals surface area contributed by atoms with Crippen LogP contribution in [0.5, 0.6) is 0 Å². The number of anilines is 2. The van der Waals surface area contributed by atoms with Crippen LogP contribution in [0.25, 0.3) is 0 Å². The molecule has 3 aliphatic rings. The first-order chi connectivity index (χ1) is 9.40. The number of pyridine rings is 1. The van der Waals surface area contributed by atoms with E-state index in [1.165, 1.54) is 57.3 Å². The Bertz CT molecular complexity index is 416. The zero-order valence-electron chi connectivity index (χ0n) is 11.5. The topological polar surface area (TPSA) is 28.2 Å². The van der Waals surface area contributed by atoms with Crippen molar-refractivity contribution in [3.8, 4) is 0 Å². The molecule has 3 nitrogen and oxygen atoms in total. The summed E-state index contributed by atoms with van der Waals surface area (Å²) in [4.78, 5) is 7.03. The van der Waals surface area contributed by atoms with Crippen molar-refractivity contribution in [2.24, 2.45) is 11.8 Å². The van der Waals surface area contributed by atoms with Gasteiger partial charge in [-0.2, -0.15) is 0 Å². The normalized spacial score (nSPS) is 23.1. The van der Waals surface area contributed by atoms with Crippen molar-refractivity contribution in [2.45, 2.75) is 44.6 Å². The van der Waals surface area contributed by atoms with Crippen molar-refractivity contribution in [2.75, 3.05) is 23.3 Å². The highest BCUT2D eigenvalue weighted by Gasteiger charge is 2.41. The highest BCUT2D eigenvalue weighted by Crippen LogP contribution is 2.45. The first-order valence-corrected chi connectivity index (χ1v) is 7.88. The van der Waals surface area contributed by atoms with Gasteiger partial charge in [-0.3, -0.25) is 0 Å². The second-order valence-corrected chi connectivity index (χ2v) is 6.44. The van der Waals surface area contributed by atoms with Gasteiger partial charge < -0.3 is 10.2 Å². The molecular weight excluding hydrogens is 234 g/mol. The first kappa shape index (κ1) is 11.6. The molecule has 2 aliphatic carbocycles. The zero-order chi connectivity index (χ0) is 12.7. The van der Waals surface area contributed by atoms with Crippen LogP contribution in [0, 0.1) is 11.8 Å². The van der Waals surface area contributed by atoms with E-state index in [-0.39, 0.29) is 0 Å². The SMILES string of the molecule is c1cc(N2CCCC2)ncc1NC(C1CC1)C1CC1. The molecule has 3 heteroatoms. The molecule has 0 aromatic carbocycles. The highest BCUT2D eigenvalue weighted by molar-refractivity contribution is 5.50. The van der Waals surface area contributed by atoms with Gasteiger partial charge >= 0.3 is 0 Å². The van der Waals surface area contributed by atoms with Crippen molar-refractivity contribution >= 4 is 11.5 Å². The maximum Gasteiger partial charge on any atom is 0.128 e. The van der Waals surface area contributed by atoms with Gasteiger partial charge in [-0.05, 0) is 62.5 Å². The molecule has 19 heavy (non-hydrogen) atoms. The summed E-state index contributed by atoms with van der Waals surface area (Å²) in [6.07, 6.45) is 10.4. The molecule has 2 heterocycles. The van der Waals surface area contributed by atoms with Gasteiger partial charge in [0.05, 0.1) is 11.9 Å². The Labute approximate surface area is 115 Å². The number of hydrogen-bond acceptors (Lipinski definition) is 3. The molecule has 102 valence electrons. The fourth-order valence-corrected chi connectivity index (χ4v) is 3.33. The Morgan fingerprint density at radius 2 is 1.74 bits per heavy atom. The van der Waals surface area contributed by atoms with Crippen LogP contribution < -0.4 is 10.2 Å². The molecular formula is C16H23N3. The molecule has 0 radical (unpaired) electrons. The van der Waals surface area contributed by atoms with Gasteiger partial charge in [0.25, 0.3) is 0 Å². The predicted octanol–water partition coefficient (Wildman–Crippen LogP) is 3.28. The van der Waals surface area contributed by atoms with Crippen LogP contribution >= 0.6 is 0 Å². The van der Waals surface area contributed by atoms with Crippen molar-refractivity contribution < 1.29 is 0 Å². The number of aromatic nitrogens is 1. The molecule has 0 spiro atoms. The molecule has 2 saturated carbocycles. The summed E-state index contributed by atoms with van der Waals surface area (Å²) in [6, 6.07) is 5.13. The maximum absolute atomic E-state index is 4.64. The fourth-order valence-electron chi connectivity index (χ4n) is 3.33. The van der Waals surface area contributed by atoms with E-state index in [0.717, 1.165) is 23.7 Å². The molecule has 0 atom stereocenters. The highest BCUT2D eigenvalue weighted by atomic mass is 15.2. The molecule has 1 aromatic rings. The van der Waals surface area contributed by atoms with Crippen LogP contribution in [-0.4, -0.2) is 24.1 Å². The van der Waals surface area contributed by atoms with Gasteiger partial charge in [0.1, 0.15) is 5.82 Å². The summed E-state index contributed by atoms with van der Waals surface area (Å²) in [5, 5.41) is 3.74. The second-order valence-electron chi connectivity index (χ2n) is 6.44. The Hall–Kier alpha value is -1.25. The monoisotopic (exact) mass is 257 g/mol. The van der Waals surface area contributed by atoms with Crippen LogP contribution in [0.15, 0.2) is 18.3 Å². The minimum Gasteiger partial charge on any atom is -0.381 e. The lowest BCUT2D eigenvalue weighted by molar-refractivity contribution is 0.567. The van der Waals surface area contributed by atoms with Gasteiger partial charge in [-0.15, -0.1) is 0 Å². The Kier molecular flexibility index (Phi) is 2.86. The minimum absolute atomic E-state index is 0.722. The smallest absolute Gasteiger partial charge is 0.128 e. The number of hydrogen-bond donors (Lipinski definition) is 1. The molecule has 1 saturated heterocycles. The van der Waals surface area contributed by atoms with E-state index in [1.54, 1.807) is 0 Å². The predicted molar refractivity (Wildman–Crippen MR) is 78.5 cm³/mol. The molecule has 0 amide bonds. The maximum atomic E-state index is 4.64. The van der Waals surface area contributed by atoms with E-state index < -0.39 is 0 Å². The summed E-state index contributed by atoms with van der Waals surface area (Å²) < 4.78 is 0. The molecule has 0 bridgehead atoms. The zero-order valence-corrected chi connectivity index (χ0v) is 11.5. The molecule has 1 aliphatic heterocycles. The van der Waals surface area contributed by atoms with Crippen molar-refractivity contribution in [3.05, 3.63) is 18.3 Å². The molecule has 1 N–H and O–H groups in total. The van der Waals surface area contributed by atoms with E-state index in [1.807, 2.05) is 6.20 Å². The average Bonchev–Trinajstić information content (AvgIpc) is 3.37. The summed E-state index contributed by atoms with van der Waals surface area (Å²) in [5.74, 6) is 3.02. The molecule has 1 aromatic heterocycles. The third kappa shape index (κ3) is 2.56. The van der Waals surface area contributed by atoms with Crippen LogP contribution in [-0.2, 0) is 0 Å². The summed E-state index contributed by atoms with van der Waals surface area (Å²) in [5.41, 5.74) is 1.21. The van der Waals surface area contributed by atoms with Crippen LogP contribution in [0.2, 0.25) is 0 Å². The Morgan fingerprint density at radius 1 is 1.05 bits per heavy atom. The van der Waals surface area contributed by atoms with E-state index >= 15 is 0 Å². The number of rotatable bonds is 5. The first-order valence-electron chi connectivity index (χ1n) is 7.88. The summed E-state index contributed by atoms with van der Waals surface area (Å²) in [6.45, 7) is 2.35. The van der Waals surface area contributed by atoms with E-state index in [2.05, 4.69) is 27.3 Å². The Balaban J connectivity index is 1.43. The van der Waals surface area contributed by atoms with Gasteiger partial charge in [-0.1, -0.05) is 0 Å². The average molecular weight is 257 g/mol. The van der Waals surface area contributed by atoms with Crippen molar-refractivity contribution in [1.29, 1.82) is 0 Å². The van der Waals surface area contributed by atoms with Gasteiger partial charge in [0.2, 0.25) is 0 Å². The van der Waals surface area contributed by atoms with Gasteiger partial charge in [0, 0.05) is 19.1 Å². The fraction of sp³-hybridized carbons (Fsp3) is 0.688. The number of nitrogens with one attached hydrogen (secondary N) is 1. The molecule has 0 unspecified atom stereocenters. The second kappa shape index (κ2) is 4.69. The quantitative estimate of drug-likeness (QED) is 0.877. The van der Waals surface area contributed by atoms with Gasteiger partial charge in [-0.25, -0.2) is 4.98 Å². The summed E-state index contributed by atoms with van der Waals surface area (Å²) >= 11 is 0. The van der Waals surface area contributed by atoms with Crippen LogP contribution in [0.3, 0.4) is 0 Å². The van der Waals surface area contributed by atoms with Gasteiger partial charge in [0.15, 0.2) is 0 Å². The van der Waals surface area contributed by atoms with Crippen molar-refractivity contribution in [1.82, 2.24) is 4.98 Å². The lowest BCUT2D eigenvalue weighted by Crippen LogP contribution is -2.24. The standard InChI is InChI=1S/C16H23N3/c1-2-10-19(9-1)15-8-7-14(11-17-15)18-16(12-3-4-12)13-5-6-13/h7-8,11-13,16,18H,1-6,9-10H2. The molecule has 3 fully saturated rings.